The Kier molecular flexibility index (Phi) is 4.38. The van der Waals surface area contributed by atoms with Gasteiger partial charge in [0.2, 0.25) is 11.0 Å². The highest BCUT2D eigenvalue weighted by atomic mass is 16.4. The third-order valence-corrected chi connectivity index (χ3v) is 3.62. The molecule has 4 aromatic rings. The molecule has 0 aliphatic heterocycles. The molecule has 2 N–H and O–H groups in total. The number of pyridine rings is 1. The normalized spacial score (nSPS) is 10.2. The van der Waals surface area contributed by atoms with Gasteiger partial charge in [0.25, 0.3) is 0 Å². The number of carbonyl (C=O) groups is 1. The van der Waals surface area contributed by atoms with E-state index in [9.17, 15) is 9.90 Å². The predicted octanol–water partition coefficient (Wildman–Crippen LogP) is 3.27. The van der Waals surface area contributed by atoms with Crippen molar-refractivity contribution in [1.82, 2.24) is 0 Å². The Hall–Kier alpha value is -3.40. The number of aromatic carboxylic acids is 1. The second-order valence-corrected chi connectivity index (χ2v) is 5.25. The van der Waals surface area contributed by atoms with E-state index in [0.717, 1.165) is 0 Å². The molecule has 3 aromatic carbocycles. The standard InChI is InChI=1S/C13H9N.C7H6O3/c1-3-7-12-10(5-1)9-11-6-2-4-8-13(11)14-12;8-6-4-2-1-3-5(6)7(9)10/h1-9H;1-4,8H,(H,9,10). The van der Waals surface area contributed by atoms with Gasteiger partial charge in [-0.2, -0.15) is 0 Å². The van der Waals surface area contributed by atoms with Gasteiger partial charge in [0.1, 0.15) is 0 Å². The smallest absolute Gasteiger partial charge is 0.335 e. The quantitative estimate of drug-likeness (QED) is 0.548. The van der Waals surface area contributed by atoms with Crippen molar-refractivity contribution in [2.75, 3.05) is 0 Å². The Labute approximate surface area is 138 Å². The molecule has 0 amide bonds. The summed E-state index contributed by atoms with van der Waals surface area (Å²) >= 11 is 0. The lowest BCUT2D eigenvalue weighted by molar-refractivity contribution is -0.310. The van der Waals surface area contributed by atoms with E-state index in [2.05, 4.69) is 47.4 Å². The zero-order valence-corrected chi connectivity index (χ0v) is 12.8. The molecule has 0 atom stereocenters. The summed E-state index contributed by atoms with van der Waals surface area (Å²) in [6.45, 7) is 0. The number of hydrogen-bond donors (Lipinski definition) is 1. The molecule has 4 nitrogen and oxygen atoms in total. The second-order valence-electron chi connectivity index (χ2n) is 5.25. The number of rotatable bonds is 1. The Morgan fingerprint density at radius 1 is 0.792 bits per heavy atom. The highest BCUT2D eigenvalue weighted by molar-refractivity contribution is 5.90. The zero-order chi connectivity index (χ0) is 16.9. The van der Waals surface area contributed by atoms with Crippen LogP contribution in [0.2, 0.25) is 0 Å². The first-order valence-corrected chi connectivity index (χ1v) is 7.44. The van der Waals surface area contributed by atoms with Gasteiger partial charge in [-0.15, -0.1) is 0 Å². The molecule has 0 saturated heterocycles. The molecule has 1 aromatic heterocycles. The van der Waals surface area contributed by atoms with Crippen LogP contribution in [0.5, 0.6) is 5.75 Å². The molecule has 0 bridgehead atoms. The highest BCUT2D eigenvalue weighted by Gasteiger charge is 2.03. The van der Waals surface area contributed by atoms with E-state index >= 15 is 0 Å². The number of aromatic nitrogens is 1. The van der Waals surface area contributed by atoms with Crippen LogP contribution in [-0.2, 0) is 0 Å². The average Bonchev–Trinajstić information content (AvgIpc) is 2.60. The lowest BCUT2D eigenvalue weighted by atomic mass is 10.1. The molecule has 0 radical (unpaired) electrons. The minimum atomic E-state index is -1.18. The summed E-state index contributed by atoms with van der Waals surface area (Å²) in [5.74, 6) is -1.62. The average molecular weight is 317 g/mol. The van der Waals surface area contributed by atoms with Crippen molar-refractivity contribution in [1.29, 1.82) is 0 Å². The summed E-state index contributed by atoms with van der Waals surface area (Å²) in [5, 5.41) is 21.6. The largest absolute Gasteiger partial charge is 0.872 e. The van der Waals surface area contributed by atoms with E-state index in [4.69, 9.17) is 5.11 Å². The van der Waals surface area contributed by atoms with Crippen LogP contribution >= 0.6 is 0 Å². The minimum Gasteiger partial charge on any atom is -0.872 e. The van der Waals surface area contributed by atoms with Crippen LogP contribution in [0.1, 0.15) is 10.4 Å². The Morgan fingerprint density at radius 2 is 1.29 bits per heavy atom. The molecule has 24 heavy (non-hydrogen) atoms. The van der Waals surface area contributed by atoms with Crippen LogP contribution in [0.15, 0.2) is 78.9 Å². The lowest BCUT2D eigenvalue weighted by Crippen LogP contribution is -2.04. The molecule has 4 heteroatoms. The van der Waals surface area contributed by atoms with Gasteiger partial charge in [-0.3, -0.25) is 0 Å². The molecule has 4 rings (SSSR count). The van der Waals surface area contributed by atoms with E-state index in [1.54, 1.807) is 0 Å². The molecule has 0 fully saturated rings. The maximum atomic E-state index is 10.7. The zero-order valence-electron chi connectivity index (χ0n) is 12.8. The Balaban J connectivity index is 0.000000150. The number of fused-ring (bicyclic) bond motifs is 2. The number of benzene rings is 3. The Bertz CT molecular complexity index is 906. The minimum absolute atomic E-state index is 0.178. The SMILES string of the molecule is O=C(O)c1ccccc1[O-].c1ccc2[nH+]c3ccccc3cc2c1. The van der Waals surface area contributed by atoms with Crippen LogP contribution in [0.3, 0.4) is 0 Å². The van der Waals surface area contributed by atoms with Crippen LogP contribution in [0, 0.1) is 0 Å². The van der Waals surface area contributed by atoms with Gasteiger partial charge in [-0.25, -0.2) is 9.78 Å². The van der Waals surface area contributed by atoms with Gasteiger partial charge >= 0.3 is 5.97 Å². The monoisotopic (exact) mass is 317 g/mol. The van der Waals surface area contributed by atoms with Crippen LogP contribution < -0.4 is 10.1 Å². The third-order valence-electron chi connectivity index (χ3n) is 3.62. The fourth-order valence-corrected chi connectivity index (χ4v) is 2.43. The van der Waals surface area contributed by atoms with Crippen molar-refractivity contribution in [3.63, 3.8) is 0 Å². The van der Waals surface area contributed by atoms with Gasteiger partial charge in [0.05, 0.1) is 5.56 Å². The number of hydrogen-bond acceptors (Lipinski definition) is 2. The van der Waals surface area contributed by atoms with Crippen LogP contribution in [-0.4, -0.2) is 11.1 Å². The predicted molar refractivity (Wildman–Crippen MR) is 90.9 cm³/mol. The molecule has 118 valence electrons. The number of carboxylic acids is 1. The summed E-state index contributed by atoms with van der Waals surface area (Å²) in [7, 11) is 0. The van der Waals surface area contributed by atoms with Crippen molar-refractivity contribution in [2.24, 2.45) is 0 Å². The number of para-hydroxylation sites is 3. The first-order chi connectivity index (χ1) is 11.6. The summed E-state index contributed by atoms with van der Waals surface area (Å²) in [6.07, 6.45) is 0. The lowest BCUT2D eigenvalue weighted by Gasteiger charge is -2.07. The van der Waals surface area contributed by atoms with E-state index in [-0.39, 0.29) is 5.56 Å². The highest BCUT2D eigenvalue weighted by Crippen LogP contribution is 2.15. The molecule has 1 heterocycles. The van der Waals surface area contributed by atoms with E-state index in [1.165, 1.54) is 46.1 Å². The second kappa shape index (κ2) is 6.79. The molecule has 0 spiro atoms. The fourth-order valence-electron chi connectivity index (χ4n) is 2.43. The number of H-pyrrole nitrogens is 1. The van der Waals surface area contributed by atoms with Gasteiger partial charge in [-0.1, -0.05) is 48.2 Å². The van der Waals surface area contributed by atoms with Gasteiger partial charge < -0.3 is 10.2 Å². The maximum Gasteiger partial charge on any atom is 0.335 e. The number of carboxylic acid groups (broad SMARTS) is 1. The van der Waals surface area contributed by atoms with Gasteiger partial charge in [0.15, 0.2) is 0 Å². The first-order valence-electron chi connectivity index (χ1n) is 7.44. The van der Waals surface area contributed by atoms with E-state index in [1.807, 2.05) is 12.1 Å². The summed E-state index contributed by atoms with van der Waals surface area (Å²) in [5.41, 5.74) is 2.19. The van der Waals surface area contributed by atoms with Crippen molar-refractivity contribution in [3.05, 3.63) is 84.4 Å². The van der Waals surface area contributed by atoms with Crippen LogP contribution in [0.25, 0.3) is 21.8 Å². The maximum absolute atomic E-state index is 10.7. The van der Waals surface area contributed by atoms with Crippen LogP contribution in [0.4, 0.5) is 0 Å². The van der Waals surface area contributed by atoms with Gasteiger partial charge in [0, 0.05) is 22.9 Å². The molecule has 0 saturated carbocycles. The summed E-state index contributed by atoms with van der Waals surface area (Å²) < 4.78 is 0. The molecular weight excluding hydrogens is 302 g/mol. The van der Waals surface area contributed by atoms with E-state index in [0.29, 0.717) is 0 Å². The summed E-state index contributed by atoms with van der Waals surface area (Å²) in [4.78, 5) is 13.6. The molecule has 0 unspecified atom stereocenters. The number of aromatic amines is 1. The van der Waals surface area contributed by atoms with Gasteiger partial charge in [-0.05, 0) is 24.3 Å². The van der Waals surface area contributed by atoms with Crippen molar-refractivity contribution < 1.29 is 20.0 Å². The van der Waals surface area contributed by atoms with Crippen molar-refractivity contribution >= 4 is 27.8 Å². The Morgan fingerprint density at radius 3 is 1.79 bits per heavy atom. The van der Waals surface area contributed by atoms with E-state index < -0.39 is 11.7 Å². The molecule has 0 aliphatic carbocycles. The molecular formula is C20H15NO3. The van der Waals surface area contributed by atoms with Crippen molar-refractivity contribution in [3.8, 4) is 5.75 Å². The third kappa shape index (κ3) is 3.33. The first kappa shape index (κ1) is 15.5. The van der Waals surface area contributed by atoms with Crippen molar-refractivity contribution in [2.45, 2.75) is 0 Å². The summed E-state index contributed by atoms with van der Waals surface area (Å²) in [6, 6.07) is 24.4. The fraction of sp³-hybridized carbons (Fsp3) is 0. The molecule has 0 aliphatic rings. The topological polar surface area (TPSA) is 74.5 Å². The number of nitrogens with one attached hydrogen (secondary N) is 1.